The van der Waals surface area contributed by atoms with E-state index in [2.05, 4.69) is 45.2 Å². The summed E-state index contributed by atoms with van der Waals surface area (Å²) in [6.07, 6.45) is 6.82. The van der Waals surface area contributed by atoms with Gasteiger partial charge in [-0.05, 0) is 26.4 Å². The highest BCUT2D eigenvalue weighted by Crippen LogP contribution is 2.30. The second kappa shape index (κ2) is 9.58. The minimum absolute atomic E-state index is 0.197. The van der Waals surface area contributed by atoms with Crippen molar-refractivity contribution in [1.29, 1.82) is 0 Å². The van der Waals surface area contributed by atoms with Gasteiger partial charge in [0.15, 0.2) is 0 Å². The van der Waals surface area contributed by atoms with Crippen LogP contribution in [0.5, 0.6) is 0 Å². The van der Waals surface area contributed by atoms with Gasteiger partial charge < -0.3 is 14.6 Å². The fraction of sp³-hybridized carbons (Fsp3) is 0.600. The Hall–Kier alpha value is -2.13. The van der Waals surface area contributed by atoms with E-state index in [1.54, 1.807) is 4.68 Å². The molecule has 0 spiro atoms. The van der Waals surface area contributed by atoms with Crippen LogP contribution >= 0.6 is 12.1 Å². The molecule has 0 saturated carbocycles. The van der Waals surface area contributed by atoms with E-state index in [-0.39, 0.29) is 11.9 Å². The monoisotopic (exact) mass is 420 g/mol. The molecule has 2 N–H and O–H groups in total. The summed E-state index contributed by atoms with van der Waals surface area (Å²) in [6.45, 7) is 8.20. The highest BCUT2D eigenvalue weighted by atomic mass is 32.2. The number of anilines is 2. The first-order valence-electron chi connectivity index (χ1n) is 10.2. The molecule has 9 heteroatoms. The molecule has 3 rings (SSSR count). The van der Waals surface area contributed by atoms with Gasteiger partial charge in [-0.2, -0.15) is 5.10 Å². The van der Waals surface area contributed by atoms with Gasteiger partial charge in [0.2, 0.25) is 0 Å². The maximum atomic E-state index is 12.6. The van der Waals surface area contributed by atoms with Crippen molar-refractivity contribution in [3.8, 4) is 0 Å². The summed E-state index contributed by atoms with van der Waals surface area (Å²) in [4.78, 5) is 15.0. The van der Waals surface area contributed by atoms with Crippen LogP contribution in [0.2, 0.25) is 0 Å². The van der Waals surface area contributed by atoms with E-state index in [0.717, 1.165) is 55.2 Å². The van der Waals surface area contributed by atoms with Crippen molar-refractivity contribution in [1.82, 2.24) is 19.4 Å². The fourth-order valence-corrected chi connectivity index (χ4v) is 4.34. The molecule has 0 aromatic carbocycles. The second-order valence-electron chi connectivity index (χ2n) is 7.90. The molecule has 0 radical (unpaired) electrons. The number of piperidine rings is 1. The largest absolute Gasteiger partial charge is 0.464 e. The lowest BCUT2D eigenvalue weighted by molar-refractivity contribution is 0.253. The summed E-state index contributed by atoms with van der Waals surface area (Å²) in [7, 11) is 4.03. The lowest BCUT2D eigenvalue weighted by Crippen LogP contribution is -2.45. The van der Waals surface area contributed by atoms with E-state index in [0.29, 0.717) is 6.04 Å². The van der Waals surface area contributed by atoms with Crippen molar-refractivity contribution in [2.75, 3.05) is 29.8 Å². The van der Waals surface area contributed by atoms with Crippen LogP contribution in [0.15, 0.2) is 22.9 Å². The molecule has 2 aromatic heterocycles. The number of amides is 2. The molecule has 1 aliphatic rings. The summed E-state index contributed by atoms with van der Waals surface area (Å²) in [5, 5.41) is 7.24. The lowest BCUT2D eigenvalue weighted by atomic mass is 10.1. The Morgan fingerprint density at radius 2 is 2.24 bits per heavy atom. The highest BCUT2D eigenvalue weighted by molar-refractivity contribution is 7.99. The Bertz CT molecular complexity index is 818. The normalized spacial score (nSPS) is 17.5. The topological polar surface area (TPSA) is 78.6 Å². The second-order valence-corrected chi connectivity index (χ2v) is 8.68. The third-order valence-electron chi connectivity index (χ3n) is 5.05. The number of hydrogen-bond donors (Lipinski definition) is 2. The molecule has 0 bridgehead atoms. The molecule has 1 unspecified atom stereocenters. The van der Waals surface area contributed by atoms with Crippen molar-refractivity contribution in [3.05, 3.63) is 30.0 Å². The number of carbonyl (C=O) groups is 1. The Kier molecular flexibility index (Phi) is 7.13. The lowest BCUT2D eigenvalue weighted by Gasteiger charge is -2.37. The fourth-order valence-electron chi connectivity index (χ4n) is 3.59. The maximum absolute atomic E-state index is 12.6. The highest BCUT2D eigenvalue weighted by Gasteiger charge is 2.26. The molecule has 29 heavy (non-hydrogen) atoms. The van der Waals surface area contributed by atoms with Gasteiger partial charge in [-0.15, -0.1) is 0 Å². The number of carbonyl (C=O) groups excluding carboxylic acids is 1. The molecule has 160 valence electrons. The van der Waals surface area contributed by atoms with Crippen LogP contribution in [-0.2, 0) is 13.5 Å². The molecule has 3 heterocycles. The quantitative estimate of drug-likeness (QED) is 0.660. The third-order valence-corrected chi connectivity index (χ3v) is 6.03. The Balaban J connectivity index is 1.67. The average molecular weight is 421 g/mol. The average Bonchev–Trinajstić information content (AvgIpc) is 3.28. The van der Waals surface area contributed by atoms with E-state index in [1.165, 1.54) is 12.1 Å². The van der Waals surface area contributed by atoms with Gasteiger partial charge in [0, 0.05) is 38.2 Å². The van der Waals surface area contributed by atoms with Gasteiger partial charge >= 0.3 is 6.03 Å². The molecule has 1 atom stereocenters. The van der Waals surface area contributed by atoms with E-state index in [1.807, 2.05) is 32.4 Å². The van der Waals surface area contributed by atoms with Crippen molar-refractivity contribution in [2.45, 2.75) is 52.0 Å². The summed E-state index contributed by atoms with van der Waals surface area (Å²) in [5.41, 5.74) is 1.72. The van der Waals surface area contributed by atoms with E-state index < -0.39 is 0 Å². The van der Waals surface area contributed by atoms with Gasteiger partial charge in [0.05, 0.1) is 35.7 Å². The van der Waals surface area contributed by atoms with Crippen molar-refractivity contribution >= 4 is 29.5 Å². The molecule has 2 amide bonds. The zero-order chi connectivity index (χ0) is 21.0. The van der Waals surface area contributed by atoms with Gasteiger partial charge in [-0.3, -0.25) is 13.7 Å². The van der Waals surface area contributed by atoms with Crippen LogP contribution in [0.1, 0.15) is 51.1 Å². The first-order chi connectivity index (χ1) is 13.9. The first-order valence-corrected chi connectivity index (χ1v) is 11.0. The Labute approximate surface area is 177 Å². The molecular formula is C20H32N6O2S. The number of rotatable bonds is 7. The van der Waals surface area contributed by atoms with Gasteiger partial charge in [0.25, 0.3) is 0 Å². The molecule has 1 saturated heterocycles. The van der Waals surface area contributed by atoms with Crippen molar-refractivity contribution in [2.24, 2.45) is 7.05 Å². The molecule has 2 aromatic rings. The summed E-state index contributed by atoms with van der Waals surface area (Å²) >= 11 is 1.31. The van der Waals surface area contributed by atoms with E-state index in [9.17, 15) is 4.79 Å². The van der Waals surface area contributed by atoms with E-state index >= 15 is 0 Å². The minimum atomic E-state index is -0.265. The minimum Gasteiger partial charge on any atom is -0.464 e. The SMILES string of the molecule is CCc1cc(NC(=O)NSN(c2cnn(C)c2)C2CCCN(C)C2)c(C(C)C)o1. The Morgan fingerprint density at radius 1 is 1.45 bits per heavy atom. The molecule has 1 aliphatic heterocycles. The number of hydrogen-bond acceptors (Lipinski definition) is 6. The van der Waals surface area contributed by atoms with Crippen LogP contribution in [-0.4, -0.2) is 46.9 Å². The van der Waals surface area contributed by atoms with Crippen LogP contribution in [0.25, 0.3) is 0 Å². The van der Waals surface area contributed by atoms with Gasteiger partial charge in [-0.25, -0.2) is 4.79 Å². The van der Waals surface area contributed by atoms with Crippen LogP contribution in [0.3, 0.4) is 0 Å². The number of nitrogens with zero attached hydrogens (tertiary/aromatic N) is 4. The predicted octanol–water partition coefficient (Wildman–Crippen LogP) is 3.98. The molecule has 8 nitrogen and oxygen atoms in total. The number of likely N-dealkylation sites (N-methyl/N-ethyl adjacent to an activating group) is 1. The standard InChI is InChI=1S/C20H32N6O2S/c1-6-17-10-18(19(28-17)14(2)3)22-20(27)23-29-26(16-11-21-25(5)13-16)15-8-7-9-24(4)12-15/h10-11,13-15H,6-9,12H2,1-5H3,(H2,22,23,27). The molecular weight excluding hydrogens is 388 g/mol. The molecule has 0 aliphatic carbocycles. The number of aromatic nitrogens is 2. The van der Waals surface area contributed by atoms with Crippen LogP contribution < -0.4 is 14.3 Å². The van der Waals surface area contributed by atoms with Gasteiger partial charge in [0.1, 0.15) is 11.5 Å². The van der Waals surface area contributed by atoms with Crippen LogP contribution in [0.4, 0.5) is 16.2 Å². The third kappa shape index (κ3) is 5.48. The van der Waals surface area contributed by atoms with Crippen molar-refractivity contribution in [3.63, 3.8) is 0 Å². The predicted molar refractivity (Wildman–Crippen MR) is 118 cm³/mol. The zero-order valence-corrected chi connectivity index (χ0v) is 18.8. The maximum Gasteiger partial charge on any atom is 0.330 e. The number of nitrogens with one attached hydrogen (secondary N) is 2. The van der Waals surface area contributed by atoms with Crippen LogP contribution in [0, 0.1) is 0 Å². The van der Waals surface area contributed by atoms with Crippen molar-refractivity contribution < 1.29 is 9.21 Å². The number of aryl methyl sites for hydroxylation is 2. The summed E-state index contributed by atoms with van der Waals surface area (Å²) < 4.78 is 12.7. The number of urea groups is 1. The zero-order valence-electron chi connectivity index (χ0n) is 17.9. The summed E-state index contributed by atoms with van der Waals surface area (Å²) in [5.74, 6) is 1.88. The smallest absolute Gasteiger partial charge is 0.330 e. The van der Waals surface area contributed by atoms with E-state index in [4.69, 9.17) is 4.42 Å². The first kappa shape index (κ1) is 21.6. The number of furan rings is 1. The molecule has 1 fully saturated rings. The number of likely N-dealkylation sites (tertiary alicyclic amines) is 1. The summed E-state index contributed by atoms with van der Waals surface area (Å²) in [6, 6.07) is 1.95. The Morgan fingerprint density at radius 3 is 2.86 bits per heavy atom. The van der Waals surface area contributed by atoms with Gasteiger partial charge in [-0.1, -0.05) is 20.8 Å².